The maximum atomic E-state index is 6.11. The first-order valence-electron chi connectivity index (χ1n) is 6.41. The normalized spacial score (nSPS) is 15.7. The van der Waals surface area contributed by atoms with E-state index >= 15 is 0 Å². The summed E-state index contributed by atoms with van der Waals surface area (Å²) in [6.07, 6.45) is 5.10. The lowest BCUT2D eigenvalue weighted by Crippen LogP contribution is -2.29. The molecule has 0 aliphatic heterocycles. The van der Waals surface area contributed by atoms with E-state index in [1.165, 1.54) is 25.7 Å². The summed E-state index contributed by atoms with van der Waals surface area (Å²) in [6, 6.07) is 4.39. The van der Waals surface area contributed by atoms with Crippen molar-refractivity contribution in [2.45, 2.75) is 31.7 Å². The van der Waals surface area contributed by atoms with Gasteiger partial charge in [0.25, 0.3) is 0 Å². The van der Waals surface area contributed by atoms with E-state index in [2.05, 4.69) is 11.9 Å². The zero-order chi connectivity index (χ0) is 13.1. The Bertz CT molecular complexity index is 415. The van der Waals surface area contributed by atoms with Crippen molar-refractivity contribution in [3.8, 4) is 11.5 Å². The molecule has 1 fully saturated rings. The molecule has 1 saturated carbocycles. The summed E-state index contributed by atoms with van der Waals surface area (Å²) in [5.74, 6) is 1.41. The predicted octanol–water partition coefficient (Wildman–Crippen LogP) is 2.66. The highest BCUT2D eigenvalue weighted by molar-refractivity contribution is 5.73. The van der Waals surface area contributed by atoms with Crippen LogP contribution in [0.4, 0.5) is 11.4 Å². The molecule has 18 heavy (non-hydrogen) atoms. The van der Waals surface area contributed by atoms with Crippen molar-refractivity contribution in [1.82, 2.24) is 0 Å². The van der Waals surface area contributed by atoms with Crippen molar-refractivity contribution in [1.29, 1.82) is 0 Å². The monoisotopic (exact) mass is 250 g/mol. The molecule has 0 heterocycles. The second kappa shape index (κ2) is 5.38. The lowest BCUT2D eigenvalue weighted by molar-refractivity contribution is 0.355. The number of methoxy groups -OCH3 is 2. The molecule has 0 unspecified atom stereocenters. The third-order valence-electron chi connectivity index (χ3n) is 3.79. The van der Waals surface area contributed by atoms with Crippen LogP contribution in [-0.4, -0.2) is 27.3 Å². The van der Waals surface area contributed by atoms with Crippen LogP contribution < -0.4 is 20.1 Å². The van der Waals surface area contributed by atoms with Gasteiger partial charge in [0.2, 0.25) is 0 Å². The van der Waals surface area contributed by atoms with Gasteiger partial charge in [0.1, 0.15) is 0 Å². The fourth-order valence-corrected chi connectivity index (χ4v) is 2.68. The van der Waals surface area contributed by atoms with Crippen molar-refractivity contribution in [2.24, 2.45) is 0 Å². The van der Waals surface area contributed by atoms with Crippen LogP contribution in [-0.2, 0) is 0 Å². The Morgan fingerprint density at radius 2 is 1.67 bits per heavy atom. The van der Waals surface area contributed by atoms with Crippen LogP contribution in [0.25, 0.3) is 0 Å². The number of hydrogen-bond acceptors (Lipinski definition) is 4. The third kappa shape index (κ3) is 2.33. The molecule has 0 amide bonds. The van der Waals surface area contributed by atoms with E-state index in [0.717, 1.165) is 17.1 Å². The highest BCUT2D eigenvalue weighted by Gasteiger charge is 2.22. The number of nitrogens with zero attached hydrogens (tertiary/aromatic N) is 1. The summed E-state index contributed by atoms with van der Waals surface area (Å²) in [4.78, 5) is 2.27. The molecule has 100 valence electrons. The Balaban J connectivity index is 2.31. The first kappa shape index (κ1) is 12.9. The topological polar surface area (TPSA) is 47.7 Å². The summed E-state index contributed by atoms with van der Waals surface area (Å²) in [7, 11) is 5.37. The standard InChI is InChI=1S/C14H22N2O2/c1-16(10-6-4-5-7-10)12-9-14(18-3)13(17-2)8-11(12)15/h8-10H,4-7,15H2,1-3H3. The Labute approximate surface area is 109 Å². The third-order valence-corrected chi connectivity index (χ3v) is 3.79. The van der Waals surface area contributed by atoms with Gasteiger partial charge in [-0.05, 0) is 12.8 Å². The molecule has 4 heteroatoms. The molecule has 0 spiro atoms. The van der Waals surface area contributed by atoms with E-state index in [1.54, 1.807) is 14.2 Å². The number of hydrogen-bond donors (Lipinski definition) is 1. The Hall–Kier alpha value is -1.58. The zero-order valence-electron chi connectivity index (χ0n) is 11.4. The van der Waals surface area contributed by atoms with Gasteiger partial charge in [-0.2, -0.15) is 0 Å². The minimum Gasteiger partial charge on any atom is -0.493 e. The molecule has 1 aliphatic carbocycles. The molecule has 0 atom stereocenters. The van der Waals surface area contributed by atoms with Gasteiger partial charge in [-0.3, -0.25) is 0 Å². The zero-order valence-corrected chi connectivity index (χ0v) is 11.4. The van der Waals surface area contributed by atoms with Crippen LogP contribution in [0.3, 0.4) is 0 Å². The minimum atomic E-state index is 0.588. The number of anilines is 2. The van der Waals surface area contributed by atoms with E-state index in [4.69, 9.17) is 15.2 Å². The first-order chi connectivity index (χ1) is 8.67. The van der Waals surface area contributed by atoms with Crippen LogP contribution >= 0.6 is 0 Å². The molecule has 0 radical (unpaired) electrons. The van der Waals surface area contributed by atoms with Crippen molar-refractivity contribution in [2.75, 3.05) is 31.9 Å². The van der Waals surface area contributed by atoms with Gasteiger partial charge in [-0.15, -0.1) is 0 Å². The fraction of sp³-hybridized carbons (Fsp3) is 0.571. The summed E-state index contributed by atoms with van der Waals surface area (Å²) < 4.78 is 10.6. The highest BCUT2D eigenvalue weighted by Crippen LogP contribution is 2.38. The fourth-order valence-electron chi connectivity index (χ4n) is 2.68. The van der Waals surface area contributed by atoms with Gasteiger partial charge in [-0.25, -0.2) is 0 Å². The number of ether oxygens (including phenoxy) is 2. The lowest BCUT2D eigenvalue weighted by Gasteiger charge is -2.28. The van der Waals surface area contributed by atoms with Crippen LogP contribution in [0.1, 0.15) is 25.7 Å². The maximum absolute atomic E-state index is 6.11. The smallest absolute Gasteiger partial charge is 0.162 e. The molecule has 4 nitrogen and oxygen atoms in total. The van der Waals surface area contributed by atoms with Crippen molar-refractivity contribution >= 4 is 11.4 Å². The van der Waals surface area contributed by atoms with E-state index in [9.17, 15) is 0 Å². The highest BCUT2D eigenvalue weighted by atomic mass is 16.5. The van der Waals surface area contributed by atoms with E-state index in [-0.39, 0.29) is 0 Å². The SMILES string of the molecule is COc1cc(N)c(N(C)C2CCCC2)cc1OC. The molecular weight excluding hydrogens is 228 g/mol. The van der Waals surface area contributed by atoms with Crippen molar-refractivity contribution in [3.05, 3.63) is 12.1 Å². The molecule has 0 saturated heterocycles. The van der Waals surface area contributed by atoms with Crippen LogP contribution in [0.5, 0.6) is 11.5 Å². The quantitative estimate of drug-likeness (QED) is 0.835. The number of benzene rings is 1. The molecule has 1 aromatic carbocycles. The second-order valence-corrected chi connectivity index (χ2v) is 4.82. The van der Waals surface area contributed by atoms with Gasteiger partial charge in [0.05, 0.1) is 25.6 Å². The average molecular weight is 250 g/mol. The van der Waals surface area contributed by atoms with E-state index < -0.39 is 0 Å². The molecule has 0 bridgehead atoms. The molecule has 2 N–H and O–H groups in total. The Morgan fingerprint density at radius 3 is 2.22 bits per heavy atom. The van der Waals surface area contributed by atoms with Gasteiger partial charge in [0.15, 0.2) is 11.5 Å². The molecule has 0 aromatic heterocycles. The lowest BCUT2D eigenvalue weighted by atomic mass is 10.1. The summed E-state index contributed by atoms with van der Waals surface area (Å²) in [6.45, 7) is 0. The number of rotatable bonds is 4. The predicted molar refractivity (Wildman–Crippen MR) is 74.6 cm³/mol. The van der Waals surface area contributed by atoms with E-state index in [0.29, 0.717) is 11.8 Å². The summed E-state index contributed by atoms with van der Waals surface area (Å²) in [5, 5.41) is 0. The summed E-state index contributed by atoms with van der Waals surface area (Å²) >= 11 is 0. The van der Waals surface area contributed by atoms with Gasteiger partial charge in [0, 0.05) is 25.2 Å². The van der Waals surface area contributed by atoms with Crippen LogP contribution in [0.2, 0.25) is 0 Å². The molecule has 2 rings (SSSR count). The minimum absolute atomic E-state index is 0.588. The number of nitrogens with two attached hydrogens (primary N) is 1. The Kier molecular flexibility index (Phi) is 3.84. The second-order valence-electron chi connectivity index (χ2n) is 4.82. The van der Waals surface area contributed by atoms with Gasteiger partial charge >= 0.3 is 0 Å². The largest absolute Gasteiger partial charge is 0.493 e. The van der Waals surface area contributed by atoms with Crippen LogP contribution in [0, 0.1) is 0 Å². The van der Waals surface area contributed by atoms with Crippen LogP contribution in [0.15, 0.2) is 12.1 Å². The van der Waals surface area contributed by atoms with Gasteiger partial charge < -0.3 is 20.1 Å². The molecular formula is C14H22N2O2. The first-order valence-corrected chi connectivity index (χ1v) is 6.41. The number of nitrogen functional groups attached to an aromatic ring is 1. The van der Waals surface area contributed by atoms with Crippen molar-refractivity contribution in [3.63, 3.8) is 0 Å². The average Bonchev–Trinajstić information content (AvgIpc) is 2.91. The van der Waals surface area contributed by atoms with Crippen molar-refractivity contribution < 1.29 is 9.47 Å². The summed E-state index contributed by atoms with van der Waals surface area (Å²) in [5.41, 5.74) is 7.88. The van der Waals surface area contributed by atoms with E-state index in [1.807, 2.05) is 12.1 Å². The van der Waals surface area contributed by atoms with Gasteiger partial charge in [-0.1, -0.05) is 12.8 Å². The maximum Gasteiger partial charge on any atom is 0.162 e. The Morgan fingerprint density at radius 1 is 1.11 bits per heavy atom. The molecule has 1 aliphatic rings. The molecule has 1 aromatic rings.